The summed E-state index contributed by atoms with van der Waals surface area (Å²) in [6.07, 6.45) is 0. The number of carbonyl (C=O) groups is 1. The molecule has 0 unspecified atom stereocenters. The topological polar surface area (TPSA) is 32.3 Å². The minimum atomic E-state index is -0.262. The number of thioether (sulfide) groups is 1. The van der Waals surface area contributed by atoms with Gasteiger partial charge in [0.25, 0.3) is 0 Å². The molecule has 3 rings (SSSR count). The Morgan fingerprint density at radius 3 is 2.76 bits per heavy atom. The lowest BCUT2D eigenvalue weighted by atomic mass is 10.1. The second-order valence-electron chi connectivity index (χ2n) is 5.99. The molecular formula is C19H20ClFN2OS. The van der Waals surface area contributed by atoms with Crippen molar-refractivity contribution in [2.45, 2.75) is 18.3 Å². The van der Waals surface area contributed by atoms with Crippen LogP contribution in [-0.4, -0.2) is 29.6 Å². The third kappa shape index (κ3) is 4.35. The smallest absolute Gasteiger partial charge is 0.237 e. The van der Waals surface area contributed by atoms with Crippen LogP contribution in [0.5, 0.6) is 0 Å². The number of nitrogens with one attached hydrogen (secondary N) is 1. The van der Waals surface area contributed by atoms with E-state index in [1.165, 1.54) is 6.07 Å². The lowest BCUT2D eigenvalue weighted by Crippen LogP contribution is -2.38. The molecule has 0 aromatic heterocycles. The third-order valence-electron chi connectivity index (χ3n) is 4.31. The quantitative estimate of drug-likeness (QED) is 0.836. The van der Waals surface area contributed by atoms with Crippen LogP contribution in [0.3, 0.4) is 0 Å². The molecule has 1 amide bonds. The van der Waals surface area contributed by atoms with Gasteiger partial charge in [0.2, 0.25) is 5.91 Å². The van der Waals surface area contributed by atoms with Gasteiger partial charge in [0.1, 0.15) is 11.2 Å². The number of nitrogens with zero attached hydrogens (tertiary/aromatic N) is 1. The first-order chi connectivity index (χ1) is 12.1. The molecule has 6 heteroatoms. The van der Waals surface area contributed by atoms with Crippen LogP contribution in [0.2, 0.25) is 5.02 Å². The Labute approximate surface area is 156 Å². The van der Waals surface area contributed by atoms with Crippen LogP contribution in [0.15, 0.2) is 48.5 Å². The lowest BCUT2D eigenvalue weighted by Gasteiger charge is -2.25. The van der Waals surface area contributed by atoms with Gasteiger partial charge in [0.15, 0.2) is 0 Å². The summed E-state index contributed by atoms with van der Waals surface area (Å²) in [5.74, 6) is 0.540. The van der Waals surface area contributed by atoms with Crippen LogP contribution in [0, 0.1) is 5.82 Å². The van der Waals surface area contributed by atoms with Crippen molar-refractivity contribution in [3.8, 4) is 0 Å². The highest BCUT2D eigenvalue weighted by atomic mass is 35.5. The van der Waals surface area contributed by atoms with E-state index in [4.69, 9.17) is 11.6 Å². The maximum Gasteiger partial charge on any atom is 0.237 e. The third-order valence-corrected chi connectivity index (χ3v) is 5.81. The Kier molecular flexibility index (Phi) is 5.99. The number of benzene rings is 2. The molecule has 1 fully saturated rings. The van der Waals surface area contributed by atoms with Gasteiger partial charge in [-0.25, -0.2) is 4.39 Å². The molecule has 0 saturated carbocycles. The highest BCUT2D eigenvalue weighted by Crippen LogP contribution is 2.38. The average molecular weight is 379 g/mol. The predicted octanol–water partition coefficient (Wildman–Crippen LogP) is 4.40. The zero-order valence-corrected chi connectivity index (χ0v) is 15.5. The summed E-state index contributed by atoms with van der Waals surface area (Å²) in [5.41, 5.74) is 1.64. The maximum absolute atomic E-state index is 14.1. The van der Waals surface area contributed by atoms with Gasteiger partial charge < -0.3 is 10.2 Å². The van der Waals surface area contributed by atoms with E-state index in [0.717, 1.165) is 11.3 Å². The summed E-state index contributed by atoms with van der Waals surface area (Å²) < 4.78 is 14.1. The molecule has 3 nitrogen and oxygen atoms in total. The van der Waals surface area contributed by atoms with E-state index in [9.17, 15) is 9.18 Å². The number of hydrogen-bond acceptors (Lipinski definition) is 3. The molecule has 2 aromatic carbocycles. The number of halogens is 2. The van der Waals surface area contributed by atoms with Crippen LogP contribution in [0.1, 0.15) is 29.5 Å². The van der Waals surface area contributed by atoms with Gasteiger partial charge in [-0.05, 0) is 30.7 Å². The molecule has 0 bridgehead atoms. The molecule has 1 aliphatic heterocycles. The van der Waals surface area contributed by atoms with Crippen molar-refractivity contribution in [3.05, 3.63) is 70.5 Å². The first-order valence-corrected chi connectivity index (χ1v) is 9.63. The first-order valence-electron chi connectivity index (χ1n) is 8.20. The van der Waals surface area contributed by atoms with E-state index in [-0.39, 0.29) is 29.7 Å². The normalized spacial score (nSPS) is 18.4. The van der Waals surface area contributed by atoms with Gasteiger partial charge in [0.05, 0.1) is 6.54 Å². The molecule has 0 radical (unpaired) electrons. The van der Waals surface area contributed by atoms with Gasteiger partial charge in [-0.2, -0.15) is 0 Å². The molecule has 2 atom stereocenters. The van der Waals surface area contributed by atoms with E-state index >= 15 is 0 Å². The monoisotopic (exact) mass is 378 g/mol. The second-order valence-corrected chi connectivity index (χ2v) is 7.61. The highest BCUT2D eigenvalue weighted by Gasteiger charge is 2.32. The zero-order valence-electron chi connectivity index (χ0n) is 13.9. The van der Waals surface area contributed by atoms with Crippen LogP contribution in [-0.2, 0) is 4.79 Å². The highest BCUT2D eigenvalue weighted by molar-refractivity contribution is 7.99. The summed E-state index contributed by atoms with van der Waals surface area (Å²) >= 11 is 7.50. The standard InChI is InChI=1S/C19H20ClFN2OS/c1-13(14-6-8-15(20)9-7-14)22-12-18(24)23-10-11-25-19(23)16-4-2-3-5-17(16)21/h2-9,13,19,22H,10-12H2,1H3/t13-,19+/m0/s1. The number of carbonyl (C=O) groups excluding carboxylic acids is 1. The summed E-state index contributed by atoms with van der Waals surface area (Å²) in [4.78, 5) is 14.4. The fourth-order valence-corrected chi connectivity index (χ4v) is 4.29. The number of hydrogen-bond donors (Lipinski definition) is 1. The van der Waals surface area contributed by atoms with Crippen molar-refractivity contribution < 1.29 is 9.18 Å². The summed E-state index contributed by atoms with van der Waals surface area (Å²) in [6.45, 7) is 2.86. The van der Waals surface area contributed by atoms with E-state index in [0.29, 0.717) is 17.1 Å². The molecular weight excluding hydrogens is 359 g/mol. The molecule has 132 valence electrons. The largest absolute Gasteiger partial charge is 0.325 e. The molecule has 0 aliphatic carbocycles. The van der Waals surface area contributed by atoms with Gasteiger partial charge in [-0.15, -0.1) is 11.8 Å². The number of rotatable bonds is 5. The molecule has 2 aromatic rings. The summed E-state index contributed by atoms with van der Waals surface area (Å²) in [5, 5.41) is 3.68. The van der Waals surface area contributed by atoms with Gasteiger partial charge in [-0.3, -0.25) is 4.79 Å². The minimum absolute atomic E-state index is 0.0148. The fourth-order valence-electron chi connectivity index (χ4n) is 2.87. The van der Waals surface area contributed by atoms with Crippen molar-refractivity contribution in [3.63, 3.8) is 0 Å². The Hall–Kier alpha value is -1.56. The first kappa shape index (κ1) is 18.2. The van der Waals surface area contributed by atoms with Crippen LogP contribution in [0.4, 0.5) is 4.39 Å². The van der Waals surface area contributed by atoms with Crippen LogP contribution in [0.25, 0.3) is 0 Å². The van der Waals surface area contributed by atoms with Crippen molar-refractivity contribution >= 4 is 29.3 Å². The molecule has 1 saturated heterocycles. The SMILES string of the molecule is C[C@H](NCC(=O)N1CCS[C@@H]1c1ccccc1F)c1ccc(Cl)cc1. The van der Waals surface area contributed by atoms with Crippen molar-refractivity contribution in [1.29, 1.82) is 0 Å². The zero-order chi connectivity index (χ0) is 17.8. The number of amides is 1. The van der Waals surface area contributed by atoms with Crippen LogP contribution < -0.4 is 5.32 Å². The van der Waals surface area contributed by atoms with E-state index in [1.54, 1.807) is 34.9 Å². The molecule has 1 aliphatic rings. The van der Waals surface area contributed by atoms with E-state index in [2.05, 4.69) is 5.32 Å². The Bertz CT molecular complexity index is 740. The Balaban J connectivity index is 1.62. The summed E-state index contributed by atoms with van der Waals surface area (Å²) in [6, 6.07) is 14.3. The molecule has 1 heterocycles. The Morgan fingerprint density at radius 2 is 2.04 bits per heavy atom. The molecule has 0 spiro atoms. The van der Waals surface area contributed by atoms with Gasteiger partial charge >= 0.3 is 0 Å². The van der Waals surface area contributed by atoms with Crippen molar-refractivity contribution in [1.82, 2.24) is 10.2 Å². The second kappa shape index (κ2) is 8.21. The molecule has 25 heavy (non-hydrogen) atoms. The Morgan fingerprint density at radius 1 is 1.32 bits per heavy atom. The predicted molar refractivity (Wildman–Crippen MR) is 101 cm³/mol. The summed E-state index contributed by atoms with van der Waals surface area (Å²) in [7, 11) is 0. The maximum atomic E-state index is 14.1. The minimum Gasteiger partial charge on any atom is -0.325 e. The van der Waals surface area contributed by atoms with Crippen molar-refractivity contribution in [2.24, 2.45) is 0 Å². The molecule has 1 N–H and O–H groups in total. The van der Waals surface area contributed by atoms with E-state index < -0.39 is 0 Å². The van der Waals surface area contributed by atoms with Gasteiger partial charge in [-0.1, -0.05) is 41.9 Å². The van der Waals surface area contributed by atoms with Crippen LogP contribution >= 0.6 is 23.4 Å². The average Bonchev–Trinajstić information content (AvgIpc) is 3.10. The van der Waals surface area contributed by atoms with Crippen molar-refractivity contribution in [2.75, 3.05) is 18.8 Å². The fraction of sp³-hybridized carbons (Fsp3) is 0.316. The lowest BCUT2D eigenvalue weighted by molar-refractivity contribution is -0.130. The van der Waals surface area contributed by atoms with Gasteiger partial charge in [0, 0.05) is 28.9 Å². The van der Waals surface area contributed by atoms with E-state index in [1.807, 2.05) is 31.2 Å².